The van der Waals surface area contributed by atoms with Crippen molar-refractivity contribution in [2.45, 2.75) is 32.8 Å². The van der Waals surface area contributed by atoms with Crippen LogP contribution in [-0.4, -0.2) is 28.6 Å². The molecule has 2 aromatic rings. The van der Waals surface area contributed by atoms with Crippen LogP contribution in [0.2, 0.25) is 5.02 Å². The number of amides is 1. The van der Waals surface area contributed by atoms with Gasteiger partial charge < -0.3 is 15.4 Å². The van der Waals surface area contributed by atoms with Gasteiger partial charge in [0, 0.05) is 28.7 Å². The maximum absolute atomic E-state index is 12.0. The van der Waals surface area contributed by atoms with Crippen LogP contribution in [0.4, 0.5) is 0 Å². The van der Waals surface area contributed by atoms with Crippen LogP contribution in [0.25, 0.3) is 10.9 Å². The Morgan fingerprint density at radius 1 is 1.48 bits per heavy atom. The maximum Gasteiger partial charge on any atom is 0.224 e. The summed E-state index contributed by atoms with van der Waals surface area (Å²) in [5, 5.41) is 14.2. The van der Waals surface area contributed by atoms with Crippen LogP contribution in [0.15, 0.2) is 24.4 Å². The number of benzene rings is 1. The van der Waals surface area contributed by atoms with E-state index >= 15 is 0 Å². The smallest absolute Gasteiger partial charge is 0.224 e. The number of aromatic nitrogens is 1. The summed E-state index contributed by atoms with van der Waals surface area (Å²) in [6.45, 7) is 4.28. The molecule has 0 radical (unpaired) electrons. The van der Waals surface area contributed by atoms with Crippen LogP contribution in [-0.2, 0) is 11.2 Å². The maximum atomic E-state index is 12.0. The molecule has 0 bridgehead atoms. The van der Waals surface area contributed by atoms with Crippen LogP contribution < -0.4 is 5.32 Å². The fourth-order valence-electron chi connectivity index (χ4n) is 2.22. The zero-order valence-electron chi connectivity index (χ0n) is 12.3. The minimum Gasteiger partial charge on any atom is -0.391 e. The van der Waals surface area contributed by atoms with Gasteiger partial charge in [-0.1, -0.05) is 31.9 Å². The number of aromatic amines is 1. The first-order valence-corrected chi connectivity index (χ1v) is 7.59. The number of aliphatic hydroxyl groups excluding tert-OH is 1. The van der Waals surface area contributed by atoms with Gasteiger partial charge in [-0.3, -0.25) is 4.79 Å². The number of hydrogen-bond donors (Lipinski definition) is 3. The van der Waals surface area contributed by atoms with E-state index in [-0.39, 0.29) is 24.8 Å². The fraction of sp³-hybridized carbons (Fsp3) is 0.438. The third kappa shape index (κ3) is 3.99. The molecule has 1 aromatic carbocycles. The van der Waals surface area contributed by atoms with E-state index < -0.39 is 6.10 Å². The molecule has 0 spiro atoms. The molecule has 1 heterocycles. The van der Waals surface area contributed by atoms with Crippen LogP contribution in [0.1, 0.15) is 25.8 Å². The van der Waals surface area contributed by atoms with Crippen molar-refractivity contribution in [3.63, 3.8) is 0 Å². The van der Waals surface area contributed by atoms with Crippen LogP contribution >= 0.6 is 11.6 Å². The van der Waals surface area contributed by atoms with Crippen molar-refractivity contribution in [1.82, 2.24) is 10.3 Å². The lowest BCUT2D eigenvalue weighted by Crippen LogP contribution is -2.36. The summed E-state index contributed by atoms with van der Waals surface area (Å²) in [5.74, 6) is 0.0791. The minimum atomic E-state index is -0.503. The zero-order valence-corrected chi connectivity index (χ0v) is 13.1. The Kier molecular flexibility index (Phi) is 5.26. The third-order valence-electron chi connectivity index (χ3n) is 3.89. The largest absolute Gasteiger partial charge is 0.391 e. The number of H-pyrrole nitrogens is 1. The number of carbonyl (C=O) groups is 1. The van der Waals surface area contributed by atoms with E-state index in [1.54, 1.807) is 0 Å². The Bertz CT molecular complexity index is 624. The molecule has 2 atom stereocenters. The lowest BCUT2D eigenvalue weighted by atomic mass is 10.0. The normalized spacial score (nSPS) is 14.1. The van der Waals surface area contributed by atoms with Gasteiger partial charge in [0.25, 0.3) is 0 Å². The van der Waals surface area contributed by atoms with E-state index in [0.717, 1.165) is 22.9 Å². The molecule has 0 aliphatic heterocycles. The van der Waals surface area contributed by atoms with Gasteiger partial charge in [-0.25, -0.2) is 0 Å². The number of halogens is 1. The fourth-order valence-corrected chi connectivity index (χ4v) is 2.40. The first kappa shape index (κ1) is 15.9. The third-order valence-corrected chi connectivity index (χ3v) is 4.12. The number of hydrogen-bond acceptors (Lipinski definition) is 2. The molecule has 0 aliphatic carbocycles. The van der Waals surface area contributed by atoms with Crippen LogP contribution in [0, 0.1) is 5.92 Å². The standard InChI is InChI=1S/C16H21ClN2O2/c1-3-10(2)15(20)9-19-16(21)6-11-8-18-14-5-4-12(17)7-13(11)14/h4-5,7-8,10,15,18,20H,3,6,9H2,1-2H3,(H,19,21). The molecule has 0 fully saturated rings. The molecule has 0 saturated heterocycles. The Balaban J connectivity index is 1.97. The zero-order chi connectivity index (χ0) is 15.4. The number of fused-ring (bicyclic) bond motifs is 1. The summed E-state index contributed by atoms with van der Waals surface area (Å²) in [7, 11) is 0. The number of nitrogens with one attached hydrogen (secondary N) is 2. The van der Waals surface area contributed by atoms with E-state index in [1.807, 2.05) is 38.2 Å². The second-order valence-electron chi connectivity index (χ2n) is 5.44. The monoisotopic (exact) mass is 308 g/mol. The molecule has 2 rings (SSSR count). The summed E-state index contributed by atoms with van der Waals surface area (Å²) in [4.78, 5) is 15.1. The quantitative estimate of drug-likeness (QED) is 0.768. The first-order chi connectivity index (χ1) is 10.0. The van der Waals surface area contributed by atoms with Crippen LogP contribution in [0.5, 0.6) is 0 Å². The molecule has 0 aliphatic rings. The molecule has 2 unspecified atom stereocenters. The van der Waals surface area contributed by atoms with Gasteiger partial charge >= 0.3 is 0 Å². The highest BCUT2D eigenvalue weighted by atomic mass is 35.5. The SMILES string of the molecule is CCC(C)C(O)CNC(=O)Cc1c[nH]c2ccc(Cl)cc12. The number of carbonyl (C=O) groups excluding carboxylic acids is 1. The van der Waals surface area contributed by atoms with E-state index in [9.17, 15) is 9.90 Å². The Hall–Kier alpha value is -1.52. The van der Waals surface area contributed by atoms with E-state index in [1.165, 1.54) is 0 Å². The number of aliphatic hydroxyl groups is 1. The Morgan fingerprint density at radius 2 is 2.24 bits per heavy atom. The summed E-state index contributed by atoms with van der Waals surface area (Å²) in [6, 6.07) is 5.56. The van der Waals surface area contributed by atoms with Crippen molar-refractivity contribution in [3.8, 4) is 0 Å². The van der Waals surface area contributed by atoms with Gasteiger partial charge in [-0.15, -0.1) is 0 Å². The average molecular weight is 309 g/mol. The molecule has 5 heteroatoms. The molecule has 114 valence electrons. The summed E-state index contributed by atoms with van der Waals surface area (Å²) in [5.41, 5.74) is 1.87. The molecule has 0 saturated carbocycles. The van der Waals surface area contributed by atoms with Crippen LogP contribution in [0.3, 0.4) is 0 Å². The van der Waals surface area contributed by atoms with E-state index in [0.29, 0.717) is 5.02 Å². The highest BCUT2D eigenvalue weighted by Gasteiger charge is 2.14. The second-order valence-corrected chi connectivity index (χ2v) is 5.87. The van der Waals surface area contributed by atoms with Gasteiger partial charge in [0.1, 0.15) is 0 Å². The topological polar surface area (TPSA) is 65.1 Å². The average Bonchev–Trinajstić information content (AvgIpc) is 2.86. The minimum absolute atomic E-state index is 0.0989. The number of rotatable bonds is 6. The van der Waals surface area contributed by atoms with Gasteiger partial charge in [-0.2, -0.15) is 0 Å². The van der Waals surface area contributed by atoms with Crippen molar-refractivity contribution in [1.29, 1.82) is 0 Å². The lowest BCUT2D eigenvalue weighted by molar-refractivity contribution is -0.121. The molecule has 1 amide bonds. The first-order valence-electron chi connectivity index (χ1n) is 7.21. The Morgan fingerprint density at radius 3 is 2.95 bits per heavy atom. The van der Waals surface area contributed by atoms with Crippen molar-refractivity contribution in [2.75, 3.05) is 6.54 Å². The van der Waals surface area contributed by atoms with Gasteiger partial charge in [0.2, 0.25) is 5.91 Å². The molecule has 4 nitrogen and oxygen atoms in total. The predicted molar refractivity (Wildman–Crippen MR) is 85.5 cm³/mol. The highest BCUT2D eigenvalue weighted by molar-refractivity contribution is 6.31. The molecule has 1 aromatic heterocycles. The lowest BCUT2D eigenvalue weighted by Gasteiger charge is -2.17. The van der Waals surface area contributed by atoms with Gasteiger partial charge in [-0.05, 0) is 29.7 Å². The molecular weight excluding hydrogens is 288 g/mol. The van der Waals surface area contributed by atoms with Gasteiger partial charge in [0.05, 0.1) is 12.5 Å². The van der Waals surface area contributed by atoms with Crippen molar-refractivity contribution in [2.24, 2.45) is 5.92 Å². The summed E-state index contributed by atoms with van der Waals surface area (Å²) < 4.78 is 0. The van der Waals surface area contributed by atoms with Crippen molar-refractivity contribution < 1.29 is 9.90 Å². The molecular formula is C16H21ClN2O2. The summed E-state index contributed by atoms with van der Waals surface area (Å²) in [6.07, 6.45) is 2.48. The van der Waals surface area contributed by atoms with Gasteiger partial charge in [0.15, 0.2) is 0 Å². The second kappa shape index (κ2) is 6.96. The van der Waals surface area contributed by atoms with Crippen molar-refractivity contribution in [3.05, 3.63) is 35.0 Å². The van der Waals surface area contributed by atoms with E-state index in [2.05, 4.69) is 10.3 Å². The molecule has 3 N–H and O–H groups in total. The highest BCUT2D eigenvalue weighted by Crippen LogP contribution is 2.22. The predicted octanol–water partition coefficient (Wildman–Crippen LogP) is 2.89. The Labute approximate surface area is 129 Å². The molecule has 21 heavy (non-hydrogen) atoms. The van der Waals surface area contributed by atoms with Crippen molar-refractivity contribution >= 4 is 28.4 Å². The van der Waals surface area contributed by atoms with E-state index in [4.69, 9.17) is 11.6 Å². The summed E-state index contributed by atoms with van der Waals surface area (Å²) >= 11 is 5.99.